The summed E-state index contributed by atoms with van der Waals surface area (Å²) < 4.78 is 16.4. The fourth-order valence-electron chi connectivity index (χ4n) is 3.32. The van der Waals surface area contributed by atoms with Crippen LogP contribution in [0.15, 0.2) is 96.1 Å². The molecule has 0 aromatic heterocycles. The van der Waals surface area contributed by atoms with Gasteiger partial charge >= 0.3 is 5.97 Å². The highest BCUT2D eigenvalue weighted by atomic mass is 16.5. The number of ether oxygens (including phenoxy) is 3. The van der Waals surface area contributed by atoms with Gasteiger partial charge in [-0.15, -0.1) is 0 Å². The molecular formula is C28H24N2O5. The molecule has 0 aliphatic carbocycles. The maximum Gasteiger partial charge on any atom is 0.343 e. The topological polar surface area (TPSA) is 86.2 Å². The first-order chi connectivity index (χ1) is 17.1. The minimum Gasteiger partial charge on any atom is -0.494 e. The zero-order valence-electron chi connectivity index (χ0n) is 19.1. The molecule has 4 aromatic rings. The van der Waals surface area contributed by atoms with Gasteiger partial charge in [0.15, 0.2) is 6.61 Å². The Kier molecular flexibility index (Phi) is 7.70. The Morgan fingerprint density at radius 3 is 2.31 bits per heavy atom. The maximum absolute atomic E-state index is 12.3. The molecule has 0 atom stereocenters. The fraction of sp³-hybridized carbons (Fsp3) is 0.107. The first-order valence-electron chi connectivity index (χ1n) is 11.1. The molecule has 1 amide bonds. The number of hydrogen-bond acceptors (Lipinski definition) is 6. The van der Waals surface area contributed by atoms with Crippen LogP contribution in [0.5, 0.6) is 17.2 Å². The minimum atomic E-state index is -0.465. The largest absolute Gasteiger partial charge is 0.494 e. The summed E-state index contributed by atoms with van der Waals surface area (Å²) in [6.45, 7) is 2.29. The van der Waals surface area contributed by atoms with Gasteiger partial charge in [0.25, 0.3) is 5.91 Å². The number of amides is 1. The normalized spacial score (nSPS) is 10.8. The SMILES string of the molecule is CCOc1ccc(C(=O)Oc2ccc(/C=N/NC(=O)COc3cccc4ccccc34)cc2)cc1. The number of hydrazone groups is 1. The summed E-state index contributed by atoms with van der Waals surface area (Å²) in [5.41, 5.74) is 3.59. The van der Waals surface area contributed by atoms with Crippen molar-refractivity contribution in [3.8, 4) is 17.2 Å². The van der Waals surface area contributed by atoms with E-state index in [1.165, 1.54) is 6.21 Å². The lowest BCUT2D eigenvalue weighted by Gasteiger charge is -2.08. The highest BCUT2D eigenvalue weighted by Gasteiger charge is 2.09. The van der Waals surface area contributed by atoms with Gasteiger partial charge in [-0.25, -0.2) is 10.2 Å². The van der Waals surface area contributed by atoms with E-state index in [4.69, 9.17) is 14.2 Å². The molecule has 4 aromatic carbocycles. The van der Waals surface area contributed by atoms with E-state index in [-0.39, 0.29) is 12.5 Å². The summed E-state index contributed by atoms with van der Waals surface area (Å²) in [6.07, 6.45) is 1.49. The van der Waals surface area contributed by atoms with E-state index < -0.39 is 5.97 Å². The van der Waals surface area contributed by atoms with E-state index in [1.54, 1.807) is 48.5 Å². The Hall–Kier alpha value is -4.65. The van der Waals surface area contributed by atoms with Crippen molar-refractivity contribution >= 4 is 28.9 Å². The van der Waals surface area contributed by atoms with Crippen LogP contribution >= 0.6 is 0 Å². The third-order valence-electron chi connectivity index (χ3n) is 5.00. The molecule has 0 saturated heterocycles. The predicted molar refractivity (Wildman–Crippen MR) is 134 cm³/mol. The first-order valence-corrected chi connectivity index (χ1v) is 11.1. The van der Waals surface area contributed by atoms with Crippen LogP contribution in [0.2, 0.25) is 0 Å². The highest BCUT2D eigenvalue weighted by Crippen LogP contribution is 2.25. The lowest BCUT2D eigenvalue weighted by molar-refractivity contribution is -0.123. The third kappa shape index (κ3) is 6.45. The second-order valence-electron chi connectivity index (χ2n) is 7.48. The third-order valence-corrected chi connectivity index (χ3v) is 5.00. The number of nitrogens with zero attached hydrogens (tertiary/aromatic N) is 1. The number of hydrogen-bond donors (Lipinski definition) is 1. The van der Waals surface area contributed by atoms with Crippen molar-refractivity contribution in [2.45, 2.75) is 6.92 Å². The predicted octanol–water partition coefficient (Wildman–Crippen LogP) is 4.99. The summed E-state index contributed by atoms with van der Waals surface area (Å²) >= 11 is 0. The molecule has 1 N–H and O–H groups in total. The molecule has 0 unspecified atom stereocenters. The van der Waals surface area contributed by atoms with E-state index >= 15 is 0 Å². The van der Waals surface area contributed by atoms with Crippen LogP contribution in [-0.4, -0.2) is 31.3 Å². The number of rotatable bonds is 9. The Labute approximate surface area is 202 Å². The standard InChI is InChI=1S/C28H24N2O5/c1-2-33-23-16-12-22(13-17-23)28(32)35-24-14-10-20(11-15-24)18-29-30-27(31)19-34-26-9-5-7-21-6-3-4-8-25(21)26/h3-18H,2,19H2,1H3,(H,30,31)/b29-18+. The molecule has 0 spiro atoms. The average molecular weight is 469 g/mol. The van der Waals surface area contributed by atoms with Gasteiger partial charge in [-0.1, -0.05) is 36.4 Å². The molecule has 0 radical (unpaired) electrons. The molecule has 0 fully saturated rings. The van der Waals surface area contributed by atoms with Crippen LogP contribution in [0, 0.1) is 0 Å². The molecule has 0 heterocycles. The Bertz CT molecular complexity index is 1330. The molecule has 35 heavy (non-hydrogen) atoms. The van der Waals surface area contributed by atoms with Gasteiger partial charge in [0.2, 0.25) is 0 Å². The lowest BCUT2D eigenvalue weighted by atomic mass is 10.1. The summed E-state index contributed by atoms with van der Waals surface area (Å²) in [5.74, 6) is 0.883. The van der Waals surface area contributed by atoms with Crippen LogP contribution < -0.4 is 19.6 Å². The van der Waals surface area contributed by atoms with Crippen LogP contribution in [0.4, 0.5) is 0 Å². The molecule has 0 saturated carbocycles. The molecular weight excluding hydrogens is 444 g/mol. The Morgan fingerprint density at radius 2 is 1.54 bits per heavy atom. The van der Waals surface area contributed by atoms with Crippen molar-refractivity contribution in [2.75, 3.05) is 13.2 Å². The van der Waals surface area contributed by atoms with Gasteiger partial charge in [-0.2, -0.15) is 5.10 Å². The van der Waals surface area contributed by atoms with Crippen molar-refractivity contribution in [1.29, 1.82) is 0 Å². The number of esters is 1. The second kappa shape index (κ2) is 11.5. The summed E-state index contributed by atoms with van der Waals surface area (Å²) in [5, 5.41) is 5.93. The van der Waals surface area contributed by atoms with Crippen LogP contribution in [-0.2, 0) is 4.79 Å². The fourth-order valence-corrected chi connectivity index (χ4v) is 3.32. The Balaban J connectivity index is 1.25. The van der Waals surface area contributed by atoms with Crippen LogP contribution in [0.3, 0.4) is 0 Å². The average Bonchev–Trinajstić information content (AvgIpc) is 2.89. The zero-order chi connectivity index (χ0) is 24.5. The molecule has 4 rings (SSSR count). The molecule has 0 aliphatic rings. The van der Waals surface area contributed by atoms with Gasteiger partial charge in [-0.05, 0) is 72.5 Å². The van der Waals surface area contributed by atoms with Crippen molar-refractivity contribution in [3.63, 3.8) is 0 Å². The van der Waals surface area contributed by atoms with Gasteiger partial charge in [0.1, 0.15) is 17.2 Å². The number of carbonyl (C=O) groups excluding carboxylic acids is 2. The molecule has 7 heteroatoms. The first kappa shape index (κ1) is 23.5. The van der Waals surface area contributed by atoms with E-state index in [0.717, 1.165) is 16.3 Å². The smallest absolute Gasteiger partial charge is 0.343 e. The van der Waals surface area contributed by atoms with E-state index in [1.807, 2.05) is 49.4 Å². The maximum atomic E-state index is 12.3. The number of fused-ring (bicyclic) bond motifs is 1. The lowest BCUT2D eigenvalue weighted by Crippen LogP contribution is -2.24. The highest BCUT2D eigenvalue weighted by molar-refractivity contribution is 5.91. The molecule has 7 nitrogen and oxygen atoms in total. The monoisotopic (exact) mass is 468 g/mol. The number of carbonyl (C=O) groups is 2. The minimum absolute atomic E-state index is 0.161. The van der Waals surface area contributed by atoms with Crippen LogP contribution in [0.25, 0.3) is 10.8 Å². The summed E-state index contributed by atoms with van der Waals surface area (Å²) in [4.78, 5) is 24.4. The molecule has 0 bridgehead atoms. The zero-order valence-corrected chi connectivity index (χ0v) is 19.1. The van der Waals surface area contributed by atoms with Gasteiger partial charge < -0.3 is 14.2 Å². The van der Waals surface area contributed by atoms with Crippen molar-refractivity contribution < 1.29 is 23.8 Å². The molecule has 176 valence electrons. The molecule has 0 aliphatic heterocycles. The van der Waals surface area contributed by atoms with Gasteiger partial charge in [-0.3, -0.25) is 4.79 Å². The summed E-state index contributed by atoms with van der Waals surface area (Å²) in [6, 6.07) is 27.0. The van der Waals surface area contributed by atoms with Gasteiger partial charge in [0, 0.05) is 5.39 Å². The van der Waals surface area contributed by atoms with Crippen LogP contribution in [0.1, 0.15) is 22.8 Å². The van der Waals surface area contributed by atoms with Crippen molar-refractivity contribution in [1.82, 2.24) is 5.43 Å². The second-order valence-corrected chi connectivity index (χ2v) is 7.48. The van der Waals surface area contributed by atoms with E-state index in [2.05, 4.69) is 10.5 Å². The number of nitrogens with one attached hydrogen (secondary N) is 1. The summed E-state index contributed by atoms with van der Waals surface area (Å²) in [7, 11) is 0. The van der Waals surface area contributed by atoms with E-state index in [0.29, 0.717) is 29.4 Å². The van der Waals surface area contributed by atoms with Crippen molar-refractivity contribution in [2.24, 2.45) is 5.10 Å². The quantitative estimate of drug-likeness (QED) is 0.162. The van der Waals surface area contributed by atoms with Gasteiger partial charge in [0.05, 0.1) is 18.4 Å². The number of benzene rings is 4. The Morgan fingerprint density at radius 1 is 0.829 bits per heavy atom. The van der Waals surface area contributed by atoms with E-state index in [9.17, 15) is 9.59 Å². The van der Waals surface area contributed by atoms with Crippen molar-refractivity contribution in [3.05, 3.63) is 102 Å².